The van der Waals surface area contributed by atoms with Crippen LogP contribution in [0, 0.1) is 29.5 Å². The number of primary amides is 1. The topological polar surface area (TPSA) is 114 Å². The van der Waals surface area contributed by atoms with Crippen molar-refractivity contribution in [3.63, 3.8) is 0 Å². The SMILES string of the molecule is COCOc1ccc(F)cc1C(CC#CC#Cc1c(C(N)=O)cnc2[nH]ccc12)C1=CC=CN(C)C1O. The minimum Gasteiger partial charge on any atom is -0.467 e. The molecule has 0 spiro atoms. The molecule has 0 saturated heterocycles. The predicted octanol–water partition coefficient (Wildman–Crippen LogP) is 3.02. The lowest BCUT2D eigenvalue weighted by molar-refractivity contribution is 0.0497. The Morgan fingerprint density at radius 3 is 2.97 bits per heavy atom. The number of halogens is 1. The predicted molar refractivity (Wildman–Crippen MR) is 137 cm³/mol. The number of ether oxygens (including phenoxy) is 2. The molecule has 2 atom stereocenters. The molecule has 4 rings (SSSR count). The van der Waals surface area contributed by atoms with Crippen molar-refractivity contribution in [2.75, 3.05) is 21.0 Å². The van der Waals surface area contributed by atoms with E-state index in [1.165, 1.54) is 31.5 Å². The van der Waals surface area contributed by atoms with Crippen LogP contribution in [0.1, 0.15) is 33.8 Å². The number of hydrogen-bond donors (Lipinski definition) is 3. The molecule has 2 aromatic heterocycles. The molecule has 1 amide bonds. The van der Waals surface area contributed by atoms with Crippen molar-refractivity contribution in [3.05, 3.63) is 83.1 Å². The standard InChI is InChI=1S/C28H25FN4O4/c1-33-14-6-9-22(28(33)35)20(23-15-18(29)10-11-25(23)37-17-36-2)8-5-3-4-7-19-21-12-13-31-27(21)32-16-24(19)26(30)34/h6,9-16,20,28,35H,8,17H2,1-2H3,(H2,30,34)(H,31,32). The fraction of sp³-hybridized carbons (Fsp3) is 0.214. The number of rotatable bonds is 7. The van der Waals surface area contributed by atoms with Crippen molar-refractivity contribution < 1.29 is 23.8 Å². The Kier molecular flexibility index (Phi) is 7.89. The summed E-state index contributed by atoms with van der Waals surface area (Å²) < 4.78 is 25.0. The molecule has 4 N–H and O–H groups in total. The number of likely N-dealkylation sites (N-methyl/N-ethyl adjacent to an activating group) is 1. The zero-order valence-electron chi connectivity index (χ0n) is 20.3. The summed E-state index contributed by atoms with van der Waals surface area (Å²) in [5.41, 5.74) is 7.85. The highest BCUT2D eigenvalue weighted by atomic mass is 19.1. The Balaban J connectivity index is 1.70. The van der Waals surface area contributed by atoms with Crippen LogP contribution in [0.5, 0.6) is 5.75 Å². The molecule has 8 nitrogen and oxygen atoms in total. The summed E-state index contributed by atoms with van der Waals surface area (Å²) >= 11 is 0. The number of nitrogens with zero attached hydrogens (tertiary/aromatic N) is 2. The minimum atomic E-state index is -0.932. The number of benzene rings is 1. The van der Waals surface area contributed by atoms with Gasteiger partial charge in [0.2, 0.25) is 0 Å². The van der Waals surface area contributed by atoms with E-state index in [4.69, 9.17) is 15.2 Å². The number of aromatic nitrogens is 2. The highest BCUT2D eigenvalue weighted by Crippen LogP contribution is 2.38. The second kappa shape index (κ2) is 11.4. The molecule has 0 radical (unpaired) electrons. The summed E-state index contributed by atoms with van der Waals surface area (Å²) in [6.45, 7) is -0.0222. The van der Waals surface area contributed by atoms with Crippen molar-refractivity contribution in [2.24, 2.45) is 5.73 Å². The van der Waals surface area contributed by atoms with E-state index in [1.54, 1.807) is 42.6 Å². The Bertz CT molecular complexity index is 1500. The second-order valence-electron chi connectivity index (χ2n) is 8.24. The van der Waals surface area contributed by atoms with Crippen LogP contribution in [-0.2, 0) is 4.74 Å². The van der Waals surface area contributed by atoms with Gasteiger partial charge in [0.15, 0.2) is 6.79 Å². The Labute approximate surface area is 213 Å². The van der Waals surface area contributed by atoms with E-state index in [0.29, 0.717) is 33.5 Å². The van der Waals surface area contributed by atoms with Gasteiger partial charge >= 0.3 is 0 Å². The first kappa shape index (κ1) is 25.5. The molecule has 1 aliphatic heterocycles. The number of nitrogens with one attached hydrogen (secondary N) is 1. The van der Waals surface area contributed by atoms with E-state index in [1.807, 2.05) is 0 Å². The van der Waals surface area contributed by atoms with Crippen LogP contribution in [0.25, 0.3) is 11.0 Å². The molecule has 188 valence electrons. The smallest absolute Gasteiger partial charge is 0.251 e. The highest BCUT2D eigenvalue weighted by Gasteiger charge is 2.28. The summed E-state index contributed by atoms with van der Waals surface area (Å²) in [6.07, 6.45) is 7.68. The molecule has 1 aliphatic rings. The van der Waals surface area contributed by atoms with Crippen molar-refractivity contribution >= 4 is 16.9 Å². The van der Waals surface area contributed by atoms with Gasteiger partial charge in [0.05, 0.1) is 11.1 Å². The maximum absolute atomic E-state index is 14.3. The third-order valence-electron chi connectivity index (χ3n) is 5.87. The molecule has 3 aromatic rings. The number of H-pyrrole nitrogens is 1. The summed E-state index contributed by atoms with van der Waals surface area (Å²) in [7, 11) is 3.23. The average molecular weight is 501 g/mol. The van der Waals surface area contributed by atoms with Gasteiger partial charge in [0, 0.05) is 56.0 Å². The Hall–Kier alpha value is -4.57. The number of carbonyl (C=O) groups is 1. The monoisotopic (exact) mass is 500 g/mol. The third-order valence-corrected chi connectivity index (χ3v) is 5.87. The number of aliphatic hydroxyl groups excluding tert-OH is 1. The van der Waals surface area contributed by atoms with Crippen LogP contribution in [-0.4, -0.2) is 53.1 Å². The van der Waals surface area contributed by atoms with Gasteiger partial charge in [-0.15, -0.1) is 0 Å². The van der Waals surface area contributed by atoms with E-state index in [0.717, 1.165) is 0 Å². The molecule has 0 aliphatic carbocycles. The number of aliphatic hydroxyl groups is 1. The maximum Gasteiger partial charge on any atom is 0.251 e. The second-order valence-corrected chi connectivity index (χ2v) is 8.24. The van der Waals surface area contributed by atoms with Crippen LogP contribution >= 0.6 is 0 Å². The molecular weight excluding hydrogens is 475 g/mol. The zero-order chi connectivity index (χ0) is 26.4. The molecule has 0 saturated carbocycles. The van der Waals surface area contributed by atoms with Gasteiger partial charge in [-0.05, 0) is 47.8 Å². The normalized spacial score (nSPS) is 15.3. The first-order valence-corrected chi connectivity index (χ1v) is 11.3. The number of hydrogen-bond acceptors (Lipinski definition) is 6. The van der Waals surface area contributed by atoms with Crippen molar-refractivity contribution in [1.82, 2.24) is 14.9 Å². The number of allylic oxidation sites excluding steroid dienone is 2. The van der Waals surface area contributed by atoms with E-state index < -0.39 is 23.9 Å². The molecular formula is C28H25FN4O4. The van der Waals surface area contributed by atoms with E-state index in [-0.39, 0.29) is 18.8 Å². The van der Waals surface area contributed by atoms with Gasteiger partial charge in [-0.3, -0.25) is 4.79 Å². The lowest BCUT2D eigenvalue weighted by atomic mass is 9.85. The quantitative estimate of drug-likeness (QED) is 0.340. The summed E-state index contributed by atoms with van der Waals surface area (Å²) in [4.78, 5) is 20.7. The van der Waals surface area contributed by atoms with E-state index in [9.17, 15) is 14.3 Å². The number of carbonyl (C=O) groups excluding carboxylic acids is 1. The minimum absolute atomic E-state index is 0.0222. The summed E-state index contributed by atoms with van der Waals surface area (Å²) in [6, 6.07) is 5.95. The lowest BCUT2D eigenvalue weighted by Gasteiger charge is -2.32. The largest absolute Gasteiger partial charge is 0.467 e. The number of methoxy groups -OCH3 is 1. The number of aromatic amines is 1. The van der Waals surface area contributed by atoms with E-state index in [2.05, 4.69) is 33.6 Å². The highest BCUT2D eigenvalue weighted by molar-refractivity contribution is 6.00. The molecule has 37 heavy (non-hydrogen) atoms. The van der Waals surface area contributed by atoms with Crippen LogP contribution in [0.2, 0.25) is 0 Å². The van der Waals surface area contributed by atoms with Crippen LogP contribution in [0.15, 0.2) is 60.6 Å². The third kappa shape index (κ3) is 5.65. The first-order valence-electron chi connectivity index (χ1n) is 11.3. The molecule has 0 fully saturated rings. The van der Waals surface area contributed by atoms with Crippen LogP contribution < -0.4 is 10.5 Å². The summed E-state index contributed by atoms with van der Waals surface area (Å²) in [5, 5.41) is 11.5. The molecule has 2 unspecified atom stereocenters. The number of pyridine rings is 1. The van der Waals surface area contributed by atoms with Gasteiger partial charge in [-0.2, -0.15) is 0 Å². The summed E-state index contributed by atoms with van der Waals surface area (Å²) in [5.74, 6) is 10.3. The number of fused-ring (bicyclic) bond motifs is 1. The molecule has 9 heteroatoms. The van der Waals surface area contributed by atoms with Crippen LogP contribution in [0.4, 0.5) is 4.39 Å². The Morgan fingerprint density at radius 2 is 2.19 bits per heavy atom. The van der Waals surface area contributed by atoms with Gasteiger partial charge < -0.3 is 30.2 Å². The Morgan fingerprint density at radius 1 is 1.35 bits per heavy atom. The average Bonchev–Trinajstić information content (AvgIpc) is 3.36. The number of amides is 1. The van der Waals surface area contributed by atoms with Crippen molar-refractivity contribution in [1.29, 1.82) is 0 Å². The fourth-order valence-electron chi connectivity index (χ4n) is 4.06. The van der Waals surface area contributed by atoms with Crippen LogP contribution in [0.3, 0.4) is 0 Å². The molecule has 3 heterocycles. The van der Waals surface area contributed by atoms with E-state index >= 15 is 0 Å². The van der Waals surface area contributed by atoms with Crippen molar-refractivity contribution in [3.8, 4) is 29.4 Å². The maximum atomic E-state index is 14.3. The van der Waals surface area contributed by atoms with Gasteiger partial charge in [-0.1, -0.05) is 17.9 Å². The lowest BCUT2D eigenvalue weighted by Crippen LogP contribution is -2.33. The zero-order valence-corrected chi connectivity index (χ0v) is 20.3. The molecule has 1 aromatic carbocycles. The van der Waals surface area contributed by atoms with Gasteiger partial charge in [0.1, 0.15) is 23.4 Å². The van der Waals surface area contributed by atoms with Gasteiger partial charge in [-0.25, -0.2) is 9.37 Å². The van der Waals surface area contributed by atoms with Crippen molar-refractivity contribution in [2.45, 2.75) is 18.6 Å². The number of nitrogens with two attached hydrogens (primary N) is 1. The first-order chi connectivity index (χ1) is 17.9. The fourth-order valence-corrected chi connectivity index (χ4v) is 4.06. The molecule has 0 bridgehead atoms. The van der Waals surface area contributed by atoms with Gasteiger partial charge in [0.25, 0.3) is 5.91 Å².